The molecule has 0 aliphatic carbocycles. The lowest BCUT2D eigenvalue weighted by Crippen LogP contribution is -2.49. The van der Waals surface area contributed by atoms with Gasteiger partial charge in [0.25, 0.3) is 0 Å². The predicted octanol–water partition coefficient (Wildman–Crippen LogP) is 1.56. The Morgan fingerprint density at radius 2 is 1.72 bits per heavy atom. The van der Waals surface area contributed by atoms with Gasteiger partial charge in [0.1, 0.15) is 17.9 Å². The Bertz CT molecular complexity index is 888. The number of rotatable bonds is 11. The van der Waals surface area contributed by atoms with E-state index in [1.54, 1.807) is 33.1 Å². The van der Waals surface area contributed by atoms with E-state index in [4.69, 9.17) is 9.39 Å². The second-order valence-electron chi connectivity index (χ2n) is 7.94. The molecule has 8 nitrogen and oxygen atoms in total. The quantitative estimate of drug-likeness (QED) is 0.239. The highest BCUT2D eigenvalue weighted by atomic mass is 16.6. The van der Waals surface area contributed by atoms with Crippen LogP contribution in [0.1, 0.15) is 30.5 Å². The van der Waals surface area contributed by atoms with Crippen LogP contribution in [0.4, 0.5) is 0 Å². The van der Waals surface area contributed by atoms with Crippen molar-refractivity contribution in [2.45, 2.75) is 40.0 Å². The van der Waals surface area contributed by atoms with Gasteiger partial charge in [-0.2, -0.15) is 0 Å². The van der Waals surface area contributed by atoms with Crippen molar-refractivity contribution in [1.82, 2.24) is 10.6 Å². The molecule has 0 aliphatic heterocycles. The van der Waals surface area contributed by atoms with E-state index in [1.807, 2.05) is 43.3 Å². The second-order valence-corrected chi connectivity index (χ2v) is 7.94. The molecule has 2 atom stereocenters. The minimum absolute atomic E-state index is 0.208. The van der Waals surface area contributed by atoms with Crippen LogP contribution in [0.2, 0.25) is 0 Å². The number of hydrogen-bond donors (Lipinski definition) is 4. The Morgan fingerprint density at radius 1 is 1.03 bits per heavy atom. The van der Waals surface area contributed by atoms with Crippen molar-refractivity contribution in [2.75, 3.05) is 7.11 Å². The topological polar surface area (TPSA) is 117 Å². The van der Waals surface area contributed by atoms with Gasteiger partial charge in [-0.05, 0) is 36.1 Å². The van der Waals surface area contributed by atoms with Crippen LogP contribution in [0.25, 0.3) is 0 Å². The highest BCUT2D eigenvalue weighted by Crippen LogP contribution is 2.16. The normalized spacial score (nSPS) is 12.7. The first-order valence-corrected chi connectivity index (χ1v) is 10.5. The average Bonchev–Trinajstić information content (AvgIpc) is 2.73. The average molecular weight is 442 g/mol. The van der Waals surface area contributed by atoms with Gasteiger partial charge in [0.15, 0.2) is 0 Å². The third kappa shape index (κ3) is 7.99. The van der Waals surface area contributed by atoms with Crippen LogP contribution in [-0.2, 0) is 27.2 Å². The summed E-state index contributed by atoms with van der Waals surface area (Å²) in [5.41, 5.74) is 2.75. The molecule has 0 bridgehead atoms. The van der Waals surface area contributed by atoms with Crippen LogP contribution in [-0.4, -0.2) is 42.5 Å². The van der Waals surface area contributed by atoms with Gasteiger partial charge in [-0.15, -0.1) is 0 Å². The first-order valence-electron chi connectivity index (χ1n) is 10.5. The summed E-state index contributed by atoms with van der Waals surface area (Å²) in [5, 5.41) is 23.9. The summed E-state index contributed by atoms with van der Waals surface area (Å²) in [7, 11) is -0.500. The van der Waals surface area contributed by atoms with Crippen LogP contribution < -0.4 is 15.4 Å². The summed E-state index contributed by atoms with van der Waals surface area (Å²) in [4.78, 5) is 25.7. The Balaban J connectivity index is 2.05. The molecule has 2 rings (SSSR count). The number of ether oxygens (including phenoxy) is 1. The third-order valence-electron chi connectivity index (χ3n) is 4.96. The minimum Gasteiger partial charge on any atom is -0.497 e. The zero-order valence-electron chi connectivity index (χ0n) is 18.9. The smallest absolute Gasteiger partial charge is 0.497 e. The van der Waals surface area contributed by atoms with Gasteiger partial charge < -0.3 is 30.1 Å². The number of carbonyl (C=O) groups is 2. The Kier molecular flexibility index (Phi) is 9.71. The van der Waals surface area contributed by atoms with Gasteiger partial charge in [0.05, 0.1) is 7.11 Å². The highest BCUT2D eigenvalue weighted by molar-refractivity contribution is 6.32. The number of hydrogen-bond acceptors (Lipinski definition) is 6. The van der Waals surface area contributed by atoms with Crippen molar-refractivity contribution in [3.8, 4) is 5.75 Å². The molecule has 0 saturated carbocycles. The van der Waals surface area contributed by atoms with E-state index in [9.17, 15) is 19.6 Å². The molecule has 0 aliphatic rings. The van der Waals surface area contributed by atoms with E-state index in [2.05, 4.69) is 10.6 Å². The van der Waals surface area contributed by atoms with E-state index >= 15 is 0 Å². The molecular weight excluding hydrogens is 411 g/mol. The van der Waals surface area contributed by atoms with E-state index in [0.29, 0.717) is 5.75 Å². The molecule has 0 heterocycles. The lowest BCUT2D eigenvalue weighted by molar-refractivity contribution is -0.138. The molecule has 1 unspecified atom stereocenters. The van der Waals surface area contributed by atoms with Gasteiger partial charge in [-0.3, -0.25) is 9.59 Å². The fraction of sp³-hybridized carbons (Fsp3) is 0.391. The fourth-order valence-corrected chi connectivity index (χ4v) is 3.27. The monoisotopic (exact) mass is 442 g/mol. The molecule has 0 radical (unpaired) electrons. The number of aryl methyl sites for hydroxylation is 1. The summed E-state index contributed by atoms with van der Waals surface area (Å²) in [6.07, 6.45) is -0.808. The molecule has 0 saturated heterocycles. The molecule has 32 heavy (non-hydrogen) atoms. The zero-order chi connectivity index (χ0) is 23.7. The van der Waals surface area contributed by atoms with Crippen molar-refractivity contribution in [2.24, 2.45) is 11.8 Å². The largest absolute Gasteiger partial charge is 0.635 e. The summed E-state index contributed by atoms with van der Waals surface area (Å²) in [5.74, 6) is -1.59. The lowest BCUT2D eigenvalue weighted by Gasteiger charge is -2.25. The van der Waals surface area contributed by atoms with Crippen LogP contribution in [0.3, 0.4) is 0 Å². The van der Waals surface area contributed by atoms with E-state index in [1.165, 1.54) is 0 Å². The molecule has 172 valence electrons. The van der Waals surface area contributed by atoms with Gasteiger partial charge in [0.2, 0.25) is 11.8 Å². The number of benzene rings is 2. The molecule has 2 amide bonds. The number of carbonyl (C=O) groups excluding carboxylic acids is 2. The summed E-state index contributed by atoms with van der Waals surface area (Å²) >= 11 is 0. The summed E-state index contributed by atoms with van der Waals surface area (Å²) in [6.45, 7) is 5.73. The second kappa shape index (κ2) is 12.2. The molecule has 9 heteroatoms. The van der Waals surface area contributed by atoms with Crippen LogP contribution >= 0.6 is 0 Å². The first kappa shape index (κ1) is 25.4. The number of nitrogens with one attached hydrogen (secondary N) is 2. The third-order valence-corrected chi connectivity index (χ3v) is 4.96. The molecule has 2 aromatic rings. The Hall–Kier alpha value is -2.88. The predicted molar refractivity (Wildman–Crippen MR) is 121 cm³/mol. The molecule has 0 aromatic heterocycles. The van der Waals surface area contributed by atoms with E-state index < -0.39 is 31.3 Å². The van der Waals surface area contributed by atoms with Crippen LogP contribution in [0.5, 0.6) is 5.75 Å². The number of amides is 2. The maximum absolute atomic E-state index is 12.9. The zero-order valence-corrected chi connectivity index (χ0v) is 18.9. The lowest BCUT2D eigenvalue weighted by atomic mass is 9.93. The maximum atomic E-state index is 12.9. The summed E-state index contributed by atoms with van der Waals surface area (Å²) < 4.78 is 10.2. The van der Waals surface area contributed by atoms with Crippen molar-refractivity contribution in [1.29, 1.82) is 0 Å². The molecular formula is C23H31BN2O6. The van der Waals surface area contributed by atoms with Crippen LogP contribution in [0.15, 0.2) is 48.5 Å². The van der Waals surface area contributed by atoms with Crippen LogP contribution in [0, 0.1) is 18.8 Å². The standard InChI is InChI=1S/C23H31BN2O6/c1-15(2)21(22(27)25-14-18-6-5-7-19(12-18)31-4)23(28)26-20(32-24(29)30)13-17-10-8-16(3)9-11-17/h5-12,15,20-21,29-30H,13-14H2,1-4H3,(H,25,27)(H,26,28)/t20-,21?/m1/s1. The summed E-state index contributed by atoms with van der Waals surface area (Å²) in [6, 6.07) is 14.8. The van der Waals surface area contributed by atoms with Gasteiger partial charge >= 0.3 is 7.32 Å². The molecule has 2 aromatic carbocycles. The maximum Gasteiger partial charge on any atom is 0.635 e. The van der Waals surface area contributed by atoms with Crippen molar-refractivity contribution in [3.05, 3.63) is 65.2 Å². The Morgan fingerprint density at radius 3 is 2.31 bits per heavy atom. The number of methoxy groups -OCH3 is 1. The SMILES string of the molecule is COc1cccc(CNC(=O)C(C(=O)N[C@@H](Cc2ccc(C)cc2)OB(O)O)C(C)C)c1. The first-order chi connectivity index (χ1) is 15.2. The molecule has 0 spiro atoms. The minimum atomic E-state index is -2.06. The van der Waals surface area contributed by atoms with Crippen molar-refractivity contribution >= 4 is 19.1 Å². The molecule has 0 fully saturated rings. The Labute approximate surface area is 189 Å². The van der Waals surface area contributed by atoms with Crippen molar-refractivity contribution < 1.29 is 29.0 Å². The fourth-order valence-electron chi connectivity index (χ4n) is 3.27. The van der Waals surface area contributed by atoms with Gasteiger partial charge in [-0.25, -0.2) is 0 Å². The van der Waals surface area contributed by atoms with E-state index in [0.717, 1.165) is 16.7 Å². The molecule has 4 N–H and O–H groups in total. The highest BCUT2D eigenvalue weighted by Gasteiger charge is 2.32. The van der Waals surface area contributed by atoms with Gasteiger partial charge in [-0.1, -0.05) is 55.8 Å². The van der Waals surface area contributed by atoms with Gasteiger partial charge in [0, 0.05) is 13.0 Å². The van der Waals surface area contributed by atoms with E-state index in [-0.39, 0.29) is 18.9 Å². The van der Waals surface area contributed by atoms with Crippen molar-refractivity contribution in [3.63, 3.8) is 0 Å².